The van der Waals surface area contributed by atoms with Gasteiger partial charge in [-0.1, -0.05) is 20.3 Å². The lowest BCUT2D eigenvalue weighted by molar-refractivity contribution is -0.113. The van der Waals surface area contributed by atoms with Gasteiger partial charge in [-0.2, -0.15) is 0 Å². The van der Waals surface area contributed by atoms with Crippen LogP contribution in [-0.2, 0) is 0 Å². The zero-order chi connectivity index (χ0) is 9.64. The van der Waals surface area contributed by atoms with E-state index in [1.165, 1.54) is 25.7 Å². The van der Waals surface area contributed by atoms with Crippen molar-refractivity contribution in [1.82, 2.24) is 4.90 Å². The second kappa shape index (κ2) is 2.98. The Labute approximate surface area is 82.5 Å². The summed E-state index contributed by atoms with van der Waals surface area (Å²) in [7, 11) is 0. The van der Waals surface area contributed by atoms with E-state index in [9.17, 15) is 0 Å². The molecular weight excluding hydrogens is 158 g/mol. The van der Waals surface area contributed by atoms with Crippen LogP contribution in [0.4, 0.5) is 0 Å². The van der Waals surface area contributed by atoms with Gasteiger partial charge >= 0.3 is 0 Å². The van der Waals surface area contributed by atoms with Crippen LogP contribution in [0.25, 0.3) is 0 Å². The second-order valence-corrected chi connectivity index (χ2v) is 5.69. The molecule has 2 unspecified atom stereocenters. The molecule has 2 saturated heterocycles. The molecule has 1 saturated carbocycles. The molecule has 0 N–H and O–H groups in total. The normalized spacial score (nSPS) is 34.8. The maximum atomic E-state index is 2.79. The van der Waals surface area contributed by atoms with Gasteiger partial charge in [-0.15, -0.1) is 0 Å². The van der Waals surface area contributed by atoms with Crippen molar-refractivity contribution in [1.29, 1.82) is 0 Å². The highest BCUT2D eigenvalue weighted by Gasteiger charge is 2.48. The lowest BCUT2D eigenvalue weighted by Gasteiger charge is -2.61. The van der Waals surface area contributed by atoms with Crippen LogP contribution in [-0.4, -0.2) is 22.5 Å². The Bertz CT molecular complexity index is 181. The summed E-state index contributed by atoms with van der Waals surface area (Å²) in [6.07, 6.45) is 5.86. The summed E-state index contributed by atoms with van der Waals surface area (Å²) in [5.74, 6) is 0.774. The fraction of sp³-hybridized carbons (Fsp3) is 1.00. The standard InChI is InChI=1S/C12H23N/c1-9(2)12(3,4)13-10-6-5-7-11(13)8-10/h9-11H,5-8H2,1-4H3. The summed E-state index contributed by atoms with van der Waals surface area (Å²) < 4.78 is 0. The lowest BCUT2D eigenvalue weighted by atomic mass is 9.73. The predicted molar refractivity (Wildman–Crippen MR) is 56.8 cm³/mol. The van der Waals surface area contributed by atoms with Gasteiger partial charge in [0.1, 0.15) is 0 Å². The van der Waals surface area contributed by atoms with Crippen molar-refractivity contribution < 1.29 is 0 Å². The van der Waals surface area contributed by atoms with Crippen LogP contribution >= 0.6 is 0 Å². The summed E-state index contributed by atoms with van der Waals surface area (Å²) in [5, 5.41) is 0. The molecular formula is C12H23N. The van der Waals surface area contributed by atoms with Gasteiger partial charge in [0.2, 0.25) is 0 Å². The van der Waals surface area contributed by atoms with Crippen LogP contribution in [0.2, 0.25) is 0 Å². The first-order valence-corrected chi connectivity index (χ1v) is 5.82. The minimum atomic E-state index is 0.425. The van der Waals surface area contributed by atoms with Gasteiger partial charge in [-0.3, -0.25) is 4.90 Å². The summed E-state index contributed by atoms with van der Waals surface area (Å²) in [4.78, 5) is 2.79. The van der Waals surface area contributed by atoms with E-state index in [4.69, 9.17) is 0 Å². The lowest BCUT2D eigenvalue weighted by Crippen LogP contribution is -2.67. The van der Waals surface area contributed by atoms with Gasteiger partial charge in [0.05, 0.1) is 0 Å². The van der Waals surface area contributed by atoms with Crippen molar-refractivity contribution in [2.45, 2.75) is 71.0 Å². The smallest absolute Gasteiger partial charge is 0.0182 e. The summed E-state index contributed by atoms with van der Waals surface area (Å²) in [5.41, 5.74) is 0.425. The molecule has 3 aliphatic rings. The molecule has 2 bridgehead atoms. The molecule has 0 amide bonds. The van der Waals surface area contributed by atoms with Gasteiger partial charge < -0.3 is 0 Å². The Morgan fingerprint density at radius 1 is 1.15 bits per heavy atom. The van der Waals surface area contributed by atoms with Crippen molar-refractivity contribution in [2.24, 2.45) is 5.92 Å². The zero-order valence-corrected chi connectivity index (χ0v) is 9.51. The summed E-state index contributed by atoms with van der Waals surface area (Å²) in [6, 6.07) is 1.85. The number of fused-ring (bicyclic) bond motifs is 2. The first kappa shape index (κ1) is 9.51. The van der Waals surface area contributed by atoms with Crippen LogP contribution in [0.5, 0.6) is 0 Å². The molecule has 0 aromatic carbocycles. The third-order valence-corrected chi connectivity index (χ3v) is 4.48. The molecule has 2 aliphatic heterocycles. The number of nitrogens with zero attached hydrogens (tertiary/aromatic N) is 1. The van der Waals surface area contributed by atoms with Crippen molar-refractivity contribution >= 4 is 0 Å². The molecule has 0 aromatic rings. The highest BCUT2D eigenvalue weighted by atomic mass is 15.3. The summed E-state index contributed by atoms with van der Waals surface area (Å²) >= 11 is 0. The van der Waals surface area contributed by atoms with Crippen LogP contribution in [0.1, 0.15) is 53.4 Å². The van der Waals surface area contributed by atoms with Gasteiger partial charge in [0, 0.05) is 17.6 Å². The first-order chi connectivity index (χ1) is 6.03. The molecule has 1 nitrogen and oxygen atoms in total. The van der Waals surface area contributed by atoms with Gasteiger partial charge in [0.25, 0.3) is 0 Å². The van der Waals surface area contributed by atoms with E-state index in [-0.39, 0.29) is 0 Å². The Balaban J connectivity index is 2.09. The Morgan fingerprint density at radius 2 is 1.69 bits per heavy atom. The number of rotatable bonds is 2. The average molecular weight is 181 g/mol. The van der Waals surface area contributed by atoms with Crippen LogP contribution in [0.15, 0.2) is 0 Å². The van der Waals surface area contributed by atoms with E-state index in [0.717, 1.165) is 18.0 Å². The van der Waals surface area contributed by atoms with E-state index in [0.29, 0.717) is 5.54 Å². The Kier molecular flexibility index (Phi) is 2.18. The van der Waals surface area contributed by atoms with Crippen molar-refractivity contribution in [3.63, 3.8) is 0 Å². The van der Waals surface area contributed by atoms with Crippen molar-refractivity contribution in [3.8, 4) is 0 Å². The quantitative estimate of drug-likeness (QED) is 0.633. The van der Waals surface area contributed by atoms with Gasteiger partial charge in [-0.05, 0) is 39.0 Å². The number of hydrogen-bond donors (Lipinski definition) is 0. The molecule has 3 rings (SSSR count). The minimum Gasteiger partial charge on any atom is -0.292 e. The highest BCUT2D eigenvalue weighted by Crippen LogP contribution is 2.45. The minimum absolute atomic E-state index is 0.425. The van der Waals surface area contributed by atoms with E-state index < -0.39 is 0 Å². The van der Waals surface area contributed by atoms with E-state index in [1.54, 1.807) is 0 Å². The maximum absolute atomic E-state index is 2.79. The van der Waals surface area contributed by atoms with E-state index in [2.05, 4.69) is 32.6 Å². The Morgan fingerprint density at radius 3 is 2.08 bits per heavy atom. The van der Waals surface area contributed by atoms with Crippen LogP contribution in [0.3, 0.4) is 0 Å². The first-order valence-electron chi connectivity index (χ1n) is 5.82. The molecule has 0 radical (unpaired) electrons. The molecule has 1 heteroatoms. The number of hydrogen-bond acceptors (Lipinski definition) is 1. The average Bonchev–Trinajstić information content (AvgIpc) is 2.04. The Hall–Kier alpha value is -0.0400. The molecule has 1 aliphatic carbocycles. The molecule has 76 valence electrons. The second-order valence-electron chi connectivity index (χ2n) is 5.69. The third-order valence-electron chi connectivity index (χ3n) is 4.48. The number of piperidine rings is 1. The fourth-order valence-corrected chi connectivity index (χ4v) is 3.04. The monoisotopic (exact) mass is 181 g/mol. The van der Waals surface area contributed by atoms with E-state index in [1.807, 2.05) is 0 Å². The van der Waals surface area contributed by atoms with Gasteiger partial charge in [0.15, 0.2) is 0 Å². The van der Waals surface area contributed by atoms with Gasteiger partial charge in [-0.25, -0.2) is 0 Å². The fourth-order valence-electron chi connectivity index (χ4n) is 3.04. The molecule has 2 heterocycles. The third kappa shape index (κ3) is 1.32. The van der Waals surface area contributed by atoms with Crippen molar-refractivity contribution in [2.75, 3.05) is 0 Å². The SMILES string of the molecule is CC(C)C(C)(C)N1C2CCCC1C2. The highest BCUT2D eigenvalue weighted by molar-refractivity contribution is 5.04. The molecule has 0 spiro atoms. The summed E-state index contributed by atoms with van der Waals surface area (Å²) in [6.45, 7) is 9.55. The largest absolute Gasteiger partial charge is 0.292 e. The molecule has 13 heavy (non-hydrogen) atoms. The van der Waals surface area contributed by atoms with E-state index >= 15 is 0 Å². The van der Waals surface area contributed by atoms with Crippen molar-refractivity contribution in [3.05, 3.63) is 0 Å². The molecule has 2 atom stereocenters. The van der Waals surface area contributed by atoms with Crippen LogP contribution in [0, 0.1) is 5.92 Å². The maximum Gasteiger partial charge on any atom is 0.0182 e. The topological polar surface area (TPSA) is 3.24 Å². The van der Waals surface area contributed by atoms with Crippen LogP contribution < -0.4 is 0 Å². The predicted octanol–water partition coefficient (Wildman–Crippen LogP) is 3.05. The zero-order valence-electron chi connectivity index (χ0n) is 9.51. The molecule has 3 fully saturated rings. The molecule has 0 aromatic heterocycles.